The van der Waals surface area contributed by atoms with E-state index in [1.165, 1.54) is 0 Å². The van der Waals surface area contributed by atoms with Crippen LogP contribution >= 0.6 is 0 Å². The van der Waals surface area contributed by atoms with Crippen molar-refractivity contribution < 1.29 is 19.7 Å². The number of rotatable bonds is 4. The van der Waals surface area contributed by atoms with E-state index in [1.807, 2.05) is 5.32 Å². The van der Waals surface area contributed by atoms with Crippen LogP contribution < -0.4 is 15.5 Å². The first-order valence-corrected chi connectivity index (χ1v) is 7.36. The maximum atomic E-state index is 12.7. The molecule has 1 heterocycles. The van der Waals surface area contributed by atoms with Crippen molar-refractivity contribution in [3.05, 3.63) is 42.1 Å². The highest BCUT2D eigenvalue weighted by atomic mass is 16.2. The minimum atomic E-state index is -0.955. The number of barbiturate groups is 1. The Bertz CT molecular complexity index is 650. The van der Waals surface area contributed by atoms with Crippen LogP contribution in [0, 0.1) is 5.92 Å². The third kappa shape index (κ3) is 2.65. The van der Waals surface area contributed by atoms with Gasteiger partial charge in [0.15, 0.2) is 5.92 Å². The van der Waals surface area contributed by atoms with Gasteiger partial charge < -0.3 is 5.32 Å². The highest BCUT2D eigenvalue weighted by Gasteiger charge is 2.46. The molecule has 6 nitrogen and oxygen atoms in total. The van der Waals surface area contributed by atoms with Crippen LogP contribution in [-0.4, -0.2) is 23.9 Å². The van der Waals surface area contributed by atoms with Crippen molar-refractivity contribution in [3.63, 3.8) is 0 Å². The minimum absolute atomic E-state index is 0.439. The normalized spacial score (nSPS) is 22.8. The summed E-state index contributed by atoms with van der Waals surface area (Å²) in [4.78, 5) is 38.0. The predicted octanol–water partition coefficient (Wildman–Crippen LogP) is 0.515. The van der Waals surface area contributed by atoms with Gasteiger partial charge in [0.05, 0.1) is 11.7 Å². The number of imide groups is 2. The van der Waals surface area contributed by atoms with Crippen LogP contribution in [-0.2, 0) is 9.59 Å². The number of carbonyl (C=O) groups excluding carboxylic acids is 3. The Morgan fingerprint density at radius 1 is 1.23 bits per heavy atom. The Labute approximate surface area is 128 Å². The van der Waals surface area contributed by atoms with Gasteiger partial charge in [-0.3, -0.25) is 14.9 Å². The predicted molar refractivity (Wildman–Crippen MR) is 79.7 cm³/mol. The van der Waals surface area contributed by atoms with Crippen molar-refractivity contribution >= 4 is 23.5 Å². The first-order chi connectivity index (χ1) is 10.6. The number of benzene rings is 1. The Morgan fingerprint density at radius 3 is 2.50 bits per heavy atom. The van der Waals surface area contributed by atoms with E-state index >= 15 is 0 Å². The van der Waals surface area contributed by atoms with Crippen LogP contribution in [0.5, 0.6) is 0 Å². The summed E-state index contributed by atoms with van der Waals surface area (Å²) in [6.45, 7) is 1.80. The number of hydrogen-bond acceptors (Lipinski definition) is 3. The first kappa shape index (κ1) is 14.5. The molecule has 1 aromatic carbocycles. The van der Waals surface area contributed by atoms with Crippen molar-refractivity contribution in [3.8, 4) is 0 Å². The summed E-state index contributed by atoms with van der Waals surface area (Å²) in [6.07, 6.45) is 3.95. The highest BCUT2D eigenvalue weighted by molar-refractivity contribution is 6.28. The summed E-state index contributed by atoms with van der Waals surface area (Å²) < 4.78 is 0. The van der Waals surface area contributed by atoms with E-state index < -0.39 is 23.8 Å². The summed E-state index contributed by atoms with van der Waals surface area (Å²) in [6, 6.07) is 8.38. The molecular weight excluding hydrogens is 282 g/mol. The average Bonchev–Trinajstić information content (AvgIpc) is 3.31. The van der Waals surface area contributed by atoms with Gasteiger partial charge in [-0.25, -0.2) is 9.69 Å². The molecule has 2 fully saturated rings. The molecule has 1 unspecified atom stereocenters. The summed E-state index contributed by atoms with van der Waals surface area (Å²) in [7, 11) is 0. The largest absolute Gasteiger partial charge is 0.335 e. The van der Waals surface area contributed by atoms with Gasteiger partial charge in [0.25, 0.3) is 11.8 Å². The molecule has 0 radical (unpaired) electrons. The molecule has 1 saturated heterocycles. The van der Waals surface area contributed by atoms with Crippen LogP contribution in [0.3, 0.4) is 0 Å². The quantitative estimate of drug-likeness (QED) is 0.795. The maximum absolute atomic E-state index is 12.7. The second-order valence-electron chi connectivity index (χ2n) is 5.53. The maximum Gasteiger partial charge on any atom is 0.335 e. The minimum Gasteiger partial charge on any atom is -0.314 e. The van der Waals surface area contributed by atoms with Gasteiger partial charge in [-0.2, -0.15) is 0 Å². The zero-order chi connectivity index (χ0) is 15.7. The van der Waals surface area contributed by atoms with E-state index in [4.69, 9.17) is 0 Å². The Hall–Kier alpha value is -2.47. The fourth-order valence-electron chi connectivity index (χ4n) is 2.58. The lowest BCUT2D eigenvalue weighted by Crippen LogP contribution is -2.86. The summed E-state index contributed by atoms with van der Waals surface area (Å²) in [5, 5.41) is 4.26. The van der Waals surface area contributed by atoms with Crippen LogP contribution in [0.4, 0.5) is 10.5 Å². The van der Waals surface area contributed by atoms with Gasteiger partial charge >= 0.3 is 6.03 Å². The van der Waals surface area contributed by atoms with E-state index in [1.54, 1.807) is 43.3 Å². The van der Waals surface area contributed by atoms with Crippen molar-refractivity contribution in [2.45, 2.75) is 25.8 Å². The van der Waals surface area contributed by atoms with Crippen LogP contribution in [0.1, 0.15) is 19.8 Å². The number of nitrogens with two attached hydrogens (primary N) is 1. The molecule has 0 spiro atoms. The van der Waals surface area contributed by atoms with Crippen molar-refractivity contribution in [1.29, 1.82) is 0 Å². The first-order valence-electron chi connectivity index (χ1n) is 7.36. The monoisotopic (exact) mass is 300 g/mol. The number of carbonyl (C=O) groups is 3. The lowest BCUT2D eigenvalue weighted by Gasteiger charge is -2.30. The van der Waals surface area contributed by atoms with E-state index in [2.05, 4.69) is 5.32 Å². The lowest BCUT2D eigenvalue weighted by molar-refractivity contribution is -0.624. The van der Waals surface area contributed by atoms with Crippen LogP contribution in [0.25, 0.3) is 0 Å². The highest BCUT2D eigenvalue weighted by Crippen LogP contribution is 2.23. The molecule has 2 aliphatic rings. The Balaban J connectivity index is 1.91. The number of para-hydroxylation sites is 1. The standard InChI is InChI=1S/C16H17N3O3/c1-2-12(17-10-8-9-10)13-14(20)18-16(22)19(15(13)21)11-6-4-3-5-7-11/h2-7,10,13,17H,8-9H2,1H3,(H,18,20,22)/p+1. The van der Waals surface area contributed by atoms with E-state index in [0.717, 1.165) is 17.7 Å². The topological polar surface area (TPSA) is 83.1 Å². The van der Waals surface area contributed by atoms with Gasteiger partial charge in [0, 0.05) is 12.8 Å². The number of anilines is 1. The molecule has 1 aliphatic carbocycles. The number of urea groups is 1. The molecule has 1 aromatic rings. The molecule has 0 bridgehead atoms. The molecule has 3 N–H and O–H groups in total. The SMILES string of the molecule is CC=C([NH2+]C1CC1)C1C(=O)NC(=O)N(c2ccccc2)C1=O. The van der Waals surface area contributed by atoms with Gasteiger partial charge in [0.1, 0.15) is 5.70 Å². The Kier molecular flexibility index (Phi) is 3.77. The van der Waals surface area contributed by atoms with Crippen molar-refractivity contribution in [2.24, 2.45) is 5.92 Å². The number of hydrogen-bond donors (Lipinski definition) is 2. The number of amides is 4. The van der Waals surface area contributed by atoms with Crippen molar-refractivity contribution in [1.82, 2.24) is 5.32 Å². The zero-order valence-electron chi connectivity index (χ0n) is 12.3. The van der Waals surface area contributed by atoms with Gasteiger partial charge in [0.2, 0.25) is 0 Å². The molecule has 4 amide bonds. The second kappa shape index (κ2) is 5.73. The van der Waals surface area contributed by atoms with Gasteiger partial charge in [-0.05, 0) is 25.1 Å². The van der Waals surface area contributed by atoms with E-state index in [9.17, 15) is 14.4 Å². The molecular formula is C16H18N3O3+. The zero-order valence-corrected chi connectivity index (χ0v) is 12.3. The van der Waals surface area contributed by atoms with E-state index in [0.29, 0.717) is 17.4 Å². The average molecular weight is 300 g/mol. The fourth-order valence-corrected chi connectivity index (χ4v) is 2.58. The number of nitrogens with zero attached hydrogens (tertiary/aromatic N) is 1. The molecule has 1 saturated carbocycles. The van der Waals surface area contributed by atoms with Gasteiger partial charge in [-0.1, -0.05) is 18.2 Å². The molecule has 22 heavy (non-hydrogen) atoms. The summed E-state index contributed by atoms with van der Waals surface area (Å²) >= 11 is 0. The molecule has 0 aromatic heterocycles. The fraction of sp³-hybridized carbons (Fsp3) is 0.312. The molecule has 1 aliphatic heterocycles. The summed E-state index contributed by atoms with van der Waals surface area (Å²) in [5.41, 5.74) is 1.14. The number of quaternary nitrogens is 1. The Morgan fingerprint density at radius 2 is 1.91 bits per heavy atom. The third-order valence-corrected chi connectivity index (χ3v) is 3.89. The summed E-state index contributed by atoms with van der Waals surface area (Å²) in [5.74, 6) is -2.00. The van der Waals surface area contributed by atoms with Crippen LogP contribution in [0.15, 0.2) is 42.1 Å². The third-order valence-electron chi connectivity index (χ3n) is 3.89. The van der Waals surface area contributed by atoms with Crippen LogP contribution in [0.2, 0.25) is 0 Å². The number of nitrogens with one attached hydrogen (secondary N) is 1. The smallest absolute Gasteiger partial charge is 0.314 e. The molecule has 1 atom stereocenters. The molecule has 114 valence electrons. The lowest BCUT2D eigenvalue weighted by atomic mass is 9.99. The molecule has 6 heteroatoms. The van der Waals surface area contributed by atoms with Gasteiger partial charge in [-0.15, -0.1) is 0 Å². The molecule has 3 rings (SSSR count). The van der Waals surface area contributed by atoms with E-state index in [-0.39, 0.29) is 0 Å². The van der Waals surface area contributed by atoms with Crippen molar-refractivity contribution in [2.75, 3.05) is 4.90 Å². The number of allylic oxidation sites excluding steroid dienone is 1. The second-order valence-corrected chi connectivity index (χ2v) is 5.53.